The third-order valence-corrected chi connectivity index (χ3v) is 3.60. The number of hydrogen-bond donors (Lipinski definition) is 4. The lowest BCUT2D eigenvalue weighted by Gasteiger charge is -2.39. The number of aryl methyl sites for hydroxylation is 1. The molecule has 5 heteroatoms. The molecule has 0 aromatic heterocycles. The van der Waals surface area contributed by atoms with Crippen LogP contribution in [0.1, 0.15) is 43.6 Å². The van der Waals surface area contributed by atoms with Gasteiger partial charge in [0, 0.05) is 11.4 Å². The Hall–Kier alpha value is -1.75. The lowest BCUT2D eigenvalue weighted by Crippen LogP contribution is -2.51. The van der Waals surface area contributed by atoms with Crippen LogP contribution in [-0.4, -0.2) is 27.3 Å². The van der Waals surface area contributed by atoms with E-state index in [0.717, 1.165) is 0 Å². The van der Waals surface area contributed by atoms with Gasteiger partial charge in [0.25, 0.3) is 0 Å². The smallest absolute Gasteiger partial charge is 0.337 e. The van der Waals surface area contributed by atoms with Crippen LogP contribution in [0.15, 0.2) is 12.1 Å². The minimum absolute atomic E-state index is 0.0639. The maximum atomic E-state index is 11.1. The van der Waals surface area contributed by atoms with Crippen molar-refractivity contribution >= 4 is 17.3 Å². The number of rotatable bonds is 4. The van der Waals surface area contributed by atoms with Crippen molar-refractivity contribution in [2.24, 2.45) is 0 Å². The molecule has 0 bridgehead atoms. The summed E-state index contributed by atoms with van der Waals surface area (Å²) in [6.45, 7) is 8.84. The highest BCUT2D eigenvalue weighted by molar-refractivity contribution is 5.95. The lowest BCUT2D eigenvalue weighted by molar-refractivity contribution is 0.0240. The van der Waals surface area contributed by atoms with Gasteiger partial charge in [0.1, 0.15) is 0 Å². The minimum Gasteiger partial charge on any atom is -0.478 e. The topological polar surface area (TPSA) is 95.6 Å². The molecule has 0 saturated heterocycles. The fourth-order valence-electron chi connectivity index (χ4n) is 1.56. The van der Waals surface area contributed by atoms with Crippen LogP contribution >= 0.6 is 0 Å². The second kappa shape index (κ2) is 4.74. The van der Waals surface area contributed by atoms with Gasteiger partial charge >= 0.3 is 5.97 Å². The van der Waals surface area contributed by atoms with E-state index >= 15 is 0 Å². The Kier molecular flexibility index (Phi) is 3.82. The lowest BCUT2D eigenvalue weighted by atomic mass is 9.85. The summed E-state index contributed by atoms with van der Waals surface area (Å²) in [5.74, 6) is -1.06. The average Bonchev–Trinajstić information content (AvgIpc) is 2.20. The summed E-state index contributed by atoms with van der Waals surface area (Å²) >= 11 is 0. The first kappa shape index (κ1) is 15.3. The van der Waals surface area contributed by atoms with E-state index in [4.69, 9.17) is 10.8 Å². The maximum absolute atomic E-state index is 11.1. The van der Waals surface area contributed by atoms with Gasteiger partial charge in [-0.05, 0) is 52.3 Å². The van der Waals surface area contributed by atoms with E-state index < -0.39 is 17.1 Å². The van der Waals surface area contributed by atoms with Gasteiger partial charge in [-0.25, -0.2) is 4.79 Å². The second-order valence-electron chi connectivity index (χ2n) is 5.87. The summed E-state index contributed by atoms with van der Waals surface area (Å²) in [6, 6.07) is 3.26. The number of benzene rings is 1. The average molecular weight is 266 g/mol. The molecule has 0 amide bonds. The number of carboxylic acid groups (broad SMARTS) is 1. The predicted octanol–water partition coefficient (Wildman–Crippen LogP) is 2.24. The summed E-state index contributed by atoms with van der Waals surface area (Å²) in [4.78, 5) is 11.1. The molecule has 1 aromatic rings. The van der Waals surface area contributed by atoms with Gasteiger partial charge < -0.3 is 21.3 Å². The van der Waals surface area contributed by atoms with Gasteiger partial charge in [-0.3, -0.25) is 0 Å². The molecule has 1 rings (SSSR count). The van der Waals surface area contributed by atoms with E-state index in [1.54, 1.807) is 26.8 Å². The predicted molar refractivity (Wildman–Crippen MR) is 76.6 cm³/mol. The first-order chi connectivity index (χ1) is 8.45. The third-order valence-electron chi connectivity index (χ3n) is 3.60. The fourth-order valence-corrected chi connectivity index (χ4v) is 1.56. The Bertz CT molecular complexity index is 502. The van der Waals surface area contributed by atoms with Crippen molar-refractivity contribution in [3.63, 3.8) is 0 Å². The summed E-state index contributed by atoms with van der Waals surface area (Å²) in [7, 11) is 0. The number of carboxylic acids is 1. The van der Waals surface area contributed by atoms with Crippen molar-refractivity contribution in [2.75, 3.05) is 11.1 Å². The molecule has 0 fully saturated rings. The Morgan fingerprint density at radius 3 is 2.21 bits per heavy atom. The Balaban J connectivity index is 3.21. The zero-order valence-corrected chi connectivity index (χ0v) is 12.0. The van der Waals surface area contributed by atoms with Crippen LogP contribution in [0.3, 0.4) is 0 Å². The van der Waals surface area contributed by atoms with Crippen LogP contribution in [-0.2, 0) is 0 Å². The van der Waals surface area contributed by atoms with Gasteiger partial charge in [0.15, 0.2) is 0 Å². The van der Waals surface area contributed by atoms with Crippen LogP contribution in [0.5, 0.6) is 0 Å². The normalized spacial score (nSPS) is 12.3. The van der Waals surface area contributed by atoms with Crippen LogP contribution < -0.4 is 11.1 Å². The van der Waals surface area contributed by atoms with Gasteiger partial charge in [-0.15, -0.1) is 0 Å². The van der Waals surface area contributed by atoms with Gasteiger partial charge in [0.2, 0.25) is 0 Å². The van der Waals surface area contributed by atoms with Crippen molar-refractivity contribution in [1.29, 1.82) is 0 Å². The molecule has 0 aliphatic carbocycles. The fraction of sp³-hybridized carbons (Fsp3) is 0.500. The van der Waals surface area contributed by atoms with Crippen molar-refractivity contribution in [3.8, 4) is 0 Å². The molecule has 0 heterocycles. The summed E-state index contributed by atoms with van der Waals surface area (Å²) in [5.41, 5.74) is 5.80. The van der Waals surface area contributed by atoms with E-state index in [0.29, 0.717) is 11.3 Å². The molecule has 106 valence electrons. The van der Waals surface area contributed by atoms with Crippen molar-refractivity contribution < 1.29 is 15.0 Å². The van der Waals surface area contributed by atoms with Gasteiger partial charge in [-0.1, -0.05) is 0 Å². The molecule has 5 nitrogen and oxygen atoms in total. The van der Waals surface area contributed by atoms with Crippen molar-refractivity contribution in [3.05, 3.63) is 23.3 Å². The molecule has 19 heavy (non-hydrogen) atoms. The quantitative estimate of drug-likeness (QED) is 0.627. The number of carbonyl (C=O) groups is 1. The number of aliphatic hydroxyl groups is 1. The van der Waals surface area contributed by atoms with E-state index in [2.05, 4.69) is 5.32 Å². The zero-order chi connectivity index (χ0) is 15.0. The monoisotopic (exact) mass is 266 g/mol. The molecule has 0 spiro atoms. The molecule has 0 aliphatic rings. The standard InChI is InChI=1S/C14H22N2O3/c1-8-6-9(7-10(11(8)15)12(17)18)16-13(2,3)14(4,5)19/h6-7,16,19H,15H2,1-5H3,(H,17,18). The van der Waals surface area contributed by atoms with Crippen LogP contribution in [0, 0.1) is 6.92 Å². The summed E-state index contributed by atoms with van der Waals surface area (Å²) in [6.07, 6.45) is 0. The first-order valence-electron chi connectivity index (χ1n) is 6.09. The summed E-state index contributed by atoms with van der Waals surface area (Å²) < 4.78 is 0. The molecule has 5 N–H and O–H groups in total. The highest BCUT2D eigenvalue weighted by Crippen LogP contribution is 2.29. The number of hydrogen-bond acceptors (Lipinski definition) is 4. The molecule has 0 saturated carbocycles. The van der Waals surface area contributed by atoms with Crippen molar-refractivity contribution in [2.45, 2.75) is 45.8 Å². The van der Waals surface area contributed by atoms with Crippen LogP contribution in [0.4, 0.5) is 11.4 Å². The minimum atomic E-state index is -1.06. The molecular weight excluding hydrogens is 244 g/mol. The first-order valence-corrected chi connectivity index (χ1v) is 6.09. The van der Waals surface area contributed by atoms with Gasteiger partial charge in [0.05, 0.1) is 16.7 Å². The van der Waals surface area contributed by atoms with E-state index in [1.165, 1.54) is 6.07 Å². The number of nitrogens with one attached hydrogen (secondary N) is 1. The Morgan fingerprint density at radius 2 is 1.79 bits per heavy atom. The molecule has 0 aliphatic heterocycles. The third kappa shape index (κ3) is 3.17. The number of anilines is 2. The molecular formula is C14H22N2O3. The van der Waals surface area contributed by atoms with Crippen LogP contribution in [0.25, 0.3) is 0 Å². The highest BCUT2D eigenvalue weighted by Gasteiger charge is 2.35. The number of nitrogen functional groups attached to an aromatic ring is 1. The maximum Gasteiger partial charge on any atom is 0.337 e. The Labute approximate surface area is 113 Å². The molecule has 1 aromatic carbocycles. The number of aromatic carboxylic acids is 1. The SMILES string of the molecule is Cc1cc(NC(C)(C)C(C)(C)O)cc(C(=O)O)c1N. The zero-order valence-electron chi connectivity index (χ0n) is 12.0. The van der Waals surface area contributed by atoms with Crippen LogP contribution in [0.2, 0.25) is 0 Å². The molecule has 0 unspecified atom stereocenters. The highest BCUT2D eigenvalue weighted by atomic mass is 16.4. The molecule has 0 radical (unpaired) electrons. The summed E-state index contributed by atoms with van der Waals surface area (Å²) in [5, 5.41) is 22.4. The van der Waals surface area contributed by atoms with Gasteiger partial charge in [-0.2, -0.15) is 0 Å². The largest absolute Gasteiger partial charge is 0.478 e. The number of nitrogens with two attached hydrogens (primary N) is 1. The van der Waals surface area contributed by atoms with E-state index in [1.807, 2.05) is 13.8 Å². The molecule has 0 atom stereocenters. The second-order valence-corrected chi connectivity index (χ2v) is 5.87. The van der Waals surface area contributed by atoms with E-state index in [9.17, 15) is 9.90 Å². The Morgan fingerprint density at radius 1 is 1.26 bits per heavy atom. The van der Waals surface area contributed by atoms with Crippen molar-refractivity contribution in [1.82, 2.24) is 0 Å². The van der Waals surface area contributed by atoms with E-state index in [-0.39, 0.29) is 11.3 Å².